The van der Waals surface area contributed by atoms with Crippen LogP contribution in [0.5, 0.6) is 0 Å². The van der Waals surface area contributed by atoms with E-state index in [1.165, 1.54) is 11.1 Å². The standard InChI is InChI=1S/C11H19N.4C2H6/c1-5-7-8-11(9-12-4)10(3)6-2;4*1-2/h6-8,12H,2,5,9H2,1,3-4H3;4*1-2H3/b8-7-,11-10+;;;;. The monoisotopic (exact) mass is 285 g/mol. The van der Waals surface area contributed by atoms with Crippen LogP contribution in [-0.2, 0) is 0 Å². The zero-order valence-corrected chi connectivity index (χ0v) is 16.4. The van der Waals surface area contributed by atoms with E-state index in [0.29, 0.717) is 0 Å². The number of nitrogens with one attached hydrogen (secondary N) is 1. The molecule has 0 heterocycles. The molecule has 0 radical (unpaired) electrons. The molecule has 0 fully saturated rings. The van der Waals surface area contributed by atoms with Crippen LogP contribution in [0.25, 0.3) is 0 Å². The summed E-state index contributed by atoms with van der Waals surface area (Å²) in [5, 5.41) is 3.14. The molecule has 1 heteroatoms. The first kappa shape index (κ1) is 31.5. The average Bonchev–Trinajstić information content (AvgIpc) is 2.58. The van der Waals surface area contributed by atoms with Crippen molar-refractivity contribution in [3.05, 3.63) is 36.0 Å². The van der Waals surface area contributed by atoms with Gasteiger partial charge in [-0.1, -0.05) is 87.1 Å². The van der Waals surface area contributed by atoms with Crippen LogP contribution in [0, 0.1) is 0 Å². The molecule has 20 heavy (non-hydrogen) atoms. The summed E-state index contributed by atoms with van der Waals surface area (Å²) in [6, 6.07) is 0. The van der Waals surface area contributed by atoms with Crippen LogP contribution in [0.1, 0.15) is 75.7 Å². The van der Waals surface area contributed by atoms with Crippen molar-refractivity contribution in [2.24, 2.45) is 0 Å². The molecule has 0 amide bonds. The van der Waals surface area contributed by atoms with E-state index in [4.69, 9.17) is 0 Å². The number of allylic oxidation sites excluding steroid dienone is 3. The summed E-state index contributed by atoms with van der Waals surface area (Å²) in [6.45, 7) is 24.9. The Balaban J connectivity index is -0.0000000799. The predicted molar refractivity (Wildman–Crippen MR) is 102 cm³/mol. The summed E-state index contributed by atoms with van der Waals surface area (Å²) in [4.78, 5) is 0. The van der Waals surface area contributed by atoms with Gasteiger partial charge in [0.2, 0.25) is 0 Å². The number of rotatable bonds is 5. The van der Waals surface area contributed by atoms with Crippen LogP contribution in [0.2, 0.25) is 0 Å². The van der Waals surface area contributed by atoms with Crippen molar-refractivity contribution in [3.63, 3.8) is 0 Å². The highest BCUT2D eigenvalue weighted by Gasteiger charge is 1.93. The van der Waals surface area contributed by atoms with E-state index in [9.17, 15) is 0 Å². The number of hydrogen-bond donors (Lipinski definition) is 1. The molecule has 1 nitrogen and oxygen atoms in total. The normalized spacial score (nSPS) is 9.15. The first-order valence-electron chi connectivity index (χ1n) is 8.39. The molecule has 0 spiro atoms. The Hall–Kier alpha value is -0.820. The van der Waals surface area contributed by atoms with Crippen molar-refractivity contribution in [2.75, 3.05) is 13.6 Å². The Morgan fingerprint density at radius 2 is 1.35 bits per heavy atom. The third kappa shape index (κ3) is 30.3. The number of hydrogen-bond acceptors (Lipinski definition) is 1. The van der Waals surface area contributed by atoms with Crippen molar-refractivity contribution in [3.8, 4) is 0 Å². The molecule has 0 saturated heterocycles. The maximum Gasteiger partial charge on any atom is 0.0205 e. The molecule has 0 aromatic carbocycles. The Morgan fingerprint density at radius 3 is 1.60 bits per heavy atom. The SMILES string of the molecule is C=C/C(C)=C(\C=C/CC)CNC.CC.CC.CC.CC. The Kier molecular flexibility index (Phi) is 67.7. The van der Waals surface area contributed by atoms with Crippen molar-refractivity contribution in [2.45, 2.75) is 75.7 Å². The van der Waals surface area contributed by atoms with Gasteiger partial charge in [-0.05, 0) is 31.5 Å². The van der Waals surface area contributed by atoms with Gasteiger partial charge in [-0.3, -0.25) is 0 Å². The van der Waals surface area contributed by atoms with Crippen LogP contribution in [0.15, 0.2) is 36.0 Å². The third-order valence-corrected chi connectivity index (χ3v) is 1.73. The lowest BCUT2D eigenvalue weighted by molar-refractivity contribution is 0.888. The van der Waals surface area contributed by atoms with Gasteiger partial charge in [0.25, 0.3) is 0 Å². The molecule has 0 aromatic rings. The molecule has 0 bridgehead atoms. The maximum absolute atomic E-state index is 3.75. The van der Waals surface area contributed by atoms with E-state index >= 15 is 0 Å². The second kappa shape index (κ2) is 42.9. The lowest BCUT2D eigenvalue weighted by Gasteiger charge is -2.03. The fourth-order valence-corrected chi connectivity index (χ4v) is 0.911. The zero-order valence-electron chi connectivity index (χ0n) is 16.4. The Bertz CT molecular complexity index is 188. The third-order valence-electron chi connectivity index (χ3n) is 1.73. The summed E-state index contributed by atoms with van der Waals surface area (Å²) in [5.74, 6) is 0. The minimum absolute atomic E-state index is 0.911. The fraction of sp³-hybridized carbons (Fsp3) is 0.684. The van der Waals surface area contributed by atoms with Gasteiger partial charge in [-0.25, -0.2) is 0 Å². The molecule has 0 aliphatic rings. The van der Waals surface area contributed by atoms with E-state index in [0.717, 1.165) is 13.0 Å². The van der Waals surface area contributed by atoms with E-state index < -0.39 is 0 Å². The van der Waals surface area contributed by atoms with Gasteiger partial charge in [0, 0.05) is 6.54 Å². The Labute approximate surface area is 131 Å². The van der Waals surface area contributed by atoms with Crippen LogP contribution in [0.4, 0.5) is 0 Å². The van der Waals surface area contributed by atoms with E-state index in [1.54, 1.807) is 0 Å². The molecular formula is C19H43N. The highest BCUT2D eigenvalue weighted by atomic mass is 14.8. The molecule has 0 aromatic heterocycles. The summed E-state index contributed by atoms with van der Waals surface area (Å²) in [6.07, 6.45) is 7.30. The van der Waals surface area contributed by atoms with E-state index in [2.05, 4.69) is 37.9 Å². The molecule has 1 N–H and O–H groups in total. The summed E-state index contributed by atoms with van der Waals surface area (Å²) in [5.41, 5.74) is 2.56. The van der Waals surface area contributed by atoms with Crippen LogP contribution in [0.3, 0.4) is 0 Å². The second-order valence-corrected chi connectivity index (χ2v) is 2.75. The fourth-order valence-electron chi connectivity index (χ4n) is 0.911. The van der Waals surface area contributed by atoms with E-state index in [1.807, 2.05) is 68.5 Å². The van der Waals surface area contributed by atoms with Gasteiger partial charge >= 0.3 is 0 Å². The first-order valence-corrected chi connectivity index (χ1v) is 8.39. The lowest BCUT2D eigenvalue weighted by atomic mass is 10.1. The van der Waals surface area contributed by atoms with Gasteiger partial charge in [0.15, 0.2) is 0 Å². The van der Waals surface area contributed by atoms with Crippen LogP contribution in [-0.4, -0.2) is 13.6 Å². The molecule has 0 aliphatic carbocycles. The van der Waals surface area contributed by atoms with Crippen molar-refractivity contribution in [1.82, 2.24) is 5.32 Å². The number of likely N-dealkylation sites (N-methyl/N-ethyl adjacent to an activating group) is 1. The minimum atomic E-state index is 0.911. The smallest absolute Gasteiger partial charge is 0.0205 e. The molecular weight excluding hydrogens is 242 g/mol. The van der Waals surface area contributed by atoms with Crippen LogP contribution < -0.4 is 5.32 Å². The van der Waals surface area contributed by atoms with Crippen LogP contribution >= 0.6 is 0 Å². The first-order chi connectivity index (χ1) is 9.76. The quantitative estimate of drug-likeness (QED) is 0.549. The zero-order chi connectivity index (χ0) is 17.4. The van der Waals surface area contributed by atoms with Gasteiger partial charge in [0.1, 0.15) is 0 Å². The van der Waals surface area contributed by atoms with Gasteiger partial charge in [-0.2, -0.15) is 0 Å². The maximum atomic E-state index is 3.75. The molecule has 0 atom stereocenters. The average molecular weight is 286 g/mol. The Morgan fingerprint density at radius 1 is 0.950 bits per heavy atom. The van der Waals surface area contributed by atoms with Gasteiger partial charge in [-0.15, -0.1) is 0 Å². The van der Waals surface area contributed by atoms with E-state index in [-0.39, 0.29) is 0 Å². The lowest BCUT2D eigenvalue weighted by Crippen LogP contribution is -2.10. The molecule has 0 saturated carbocycles. The van der Waals surface area contributed by atoms with Gasteiger partial charge in [0.05, 0.1) is 0 Å². The highest BCUT2D eigenvalue weighted by molar-refractivity contribution is 5.31. The largest absolute Gasteiger partial charge is 0.316 e. The molecule has 0 aliphatic heterocycles. The van der Waals surface area contributed by atoms with Gasteiger partial charge < -0.3 is 5.32 Å². The second-order valence-electron chi connectivity index (χ2n) is 2.75. The minimum Gasteiger partial charge on any atom is -0.316 e. The predicted octanol–water partition coefficient (Wildman–Crippen LogP) is 6.78. The highest BCUT2D eigenvalue weighted by Crippen LogP contribution is 2.05. The van der Waals surface area contributed by atoms with Crippen molar-refractivity contribution >= 4 is 0 Å². The van der Waals surface area contributed by atoms with Crippen molar-refractivity contribution < 1.29 is 0 Å². The summed E-state index contributed by atoms with van der Waals surface area (Å²) in [7, 11) is 1.95. The van der Waals surface area contributed by atoms with Crippen molar-refractivity contribution in [1.29, 1.82) is 0 Å². The topological polar surface area (TPSA) is 12.0 Å². The molecule has 0 unspecified atom stereocenters. The summed E-state index contributed by atoms with van der Waals surface area (Å²) >= 11 is 0. The molecule has 124 valence electrons. The summed E-state index contributed by atoms with van der Waals surface area (Å²) < 4.78 is 0. The molecule has 0 rings (SSSR count).